The van der Waals surface area contributed by atoms with Gasteiger partial charge in [-0.3, -0.25) is 4.79 Å². The van der Waals surface area contributed by atoms with Crippen LogP contribution in [0.5, 0.6) is 5.75 Å². The first-order valence-electron chi connectivity index (χ1n) is 6.33. The van der Waals surface area contributed by atoms with Crippen LogP contribution < -0.4 is 10.1 Å². The normalized spacial score (nSPS) is 31.0. The Kier molecular flexibility index (Phi) is 2.94. The molecule has 0 bridgehead atoms. The maximum atomic E-state index is 12.3. The molecule has 1 fully saturated rings. The monoisotopic (exact) mass is 309 g/mol. The number of benzene rings is 1. The van der Waals surface area contributed by atoms with Gasteiger partial charge in [-0.1, -0.05) is 22.9 Å². The van der Waals surface area contributed by atoms with Gasteiger partial charge in [-0.25, -0.2) is 0 Å². The molecule has 1 N–H and O–H groups in total. The van der Waals surface area contributed by atoms with Gasteiger partial charge in [0.25, 0.3) is 0 Å². The van der Waals surface area contributed by atoms with Crippen molar-refractivity contribution in [3.05, 3.63) is 28.2 Å². The zero-order chi connectivity index (χ0) is 12.8. The number of ether oxygens (including phenoxy) is 1. The molecular weight excluding hydrogens is 294 g/mol. The summed E-state index contributed by atoms with van der Waals surface area (Å²) >= 11 is 3.43. The first-order chi connectivity index (χ1) is 8.61. The topological polar surface area (TPSA) is 38.3 Å². The molecule has 3 rings (SSSR count). The van der Waals surface area contributed by atoms with Gasteiger partial charge in [0.1, 0.15) is 11.4 Å². The van der Waals surface area contributed by atoms with Gasteiger partial charge in [0, 0.05) is 23.4 Å². The highest BCUT2D eigenvalue weighted by molar-refractivity contribution is 9.10. The standard InChI is InChI=1S/C14H16BrNO2/c1-9-8-16-5-4-14(9)7-12(17)11-3-2-10(15)6-13(11)18-14/h2-3,6,9,16H,4-5,7-8H2,1H3. The number of piperidine rings is 1. The minimum atomic E-state index is -0.309. The van der Waals surface area contributed by atoms with Crippen molar-refractivity contribution < 1.29 is 9.53 Å². The van der Waals surface area contributed by atoms with Gasteiger partial charge in [0.05, 0.1) is 12.0 Å². The summed E-state index contributed by atoms with van der Waals surface area (Å²) in [6.45, 7) is 3.99. The number of hydrogen-bond donors (Lipinski definition) is 1. The molecule has 2 atom stereocenters. The first kappa shape index (κ1) is 12.2. The summed E-state index contributed by atoms with van der Waals surface area (Å²) in [5.74, 6) is 1.29. The zero-order valence-corrected chi connectivity index (χ0v) is 11.9. The van der Waals surface area contributed by atoms with Crippen molar-refractivity contribution >= 4 is 21.7 Å². The van der Waals surface area contributed by atoms with E-state index in [0.29, 0.717) is 12.3 Å². The summed E-state index contributed by atoms with van der Waals surface area (Å²) < 4.78 is 7.18. The molecule has 2 aliphatic rings. The number of Topliss-reactive ketones (excluding diaryl/α,β-unsaturated/α-hetero) is 1. The summed E-state index contributed by atoms with van der Waals surface area (Å²) in [7, 11) is 0. The molecule has 1 saturated heterocycles. The predicted octanol–water partition coefficient (Wildman–Crippen LogP) is 2.78. The summed E-state index contributed by atoms with van der Waals surface area (Å²) in [5.41, 5.74) is 0.408. The first-order valence-corrected chi connectivity index (χ1v) is 7.12. The van der Waals surface area contributed by atoms with E-state index < -0.39 is 0 Å². The molecule has 2 aliphatic heterocycles. The summed E-state index contributed by atoms with van der Waals surface area (Å²) in [6, 6.07) is 5.65. The molecule has 2 unspecified atom stereocenters. The Morgan fingerprint density at radius 3 is 3.11 bits per heavy atom. The highest BCUT2D eigenvalue weighted by Crippen LogP contribution is 2.41. The van der Waals surface area contributed by atoms with Crippen molar-refractivity contribution in [1.29, 1.82) is 0 Å². The Balaban J connectivity index is 2.01. The molecule has 1 spiro atoms. The third-order valence-corrected chi connectivity index (χ3v) is 4.58. The number of carbonyl (C=O) groups excluding carboxylic acids is 1. The van der Waals surface area contributed by atoms with Crippen molar-refractivity contribution in [3.8, 4) is 5.75 Å². The van der Waals surface area contributed by atoms with Crippen molar-refractivity contribution in [2.75, 3.05) is 13.1 Å². The van der Waals surface area contributed by atoms with E-state index >= 15 is 0 Å². The van der Waals surface area contributed by atoms with E-state index in [-0.39, 0.29) is 11.4 Å². The van der Waals surface area contributed by atoms with Gasteiger partial charge >= 0.3 is 0 Å². The zero-order valence-electron chi connectivity index (χ0n) is 10.3. The second-order valence-electron chi connectivity index (χ2n) is 5.26. The number of carbonyl (C=O) groups is 1. The lowest BCUT2D eigenvalue weighted by Gasteiger charge is -2.45. The van der Waals surface area contributed by atoms with E-state index in [2.05, 4.69) is 28.2 Å². The maximum absolute atomic E-state index is 12.3. The van der Waals surface area contributed by atoms with Crippen LogP contribution in [0.15, 0.2) is 22.7 Å². The Hall–Kier alpha value is -0.870. The minimum absolute atomic E-state index is 0.206. The largest absolute Gasteiger partial charge is 0.486 e. The van der Waals surface area contributed by atoms with Crippen LogP contribution >= 0.6 is 15.9 Å². The highest BCUT2D eigenvalue weighted by Gasteiger charge is 2.45. The van der Waals surface area contributed by atoms with Crippen molar-refractivity contribution in [3.63, 3.8) is 0 Å². The molecule has 1 aromatic rings. The van der Waals surface area contributed by atoms with Gasteiger partial charge in [0.2, 0.25) is 0 Å². The number of hydrogen-bond acceptors (Lipinski definition) is 3. The maximum Gasteiger partial charge on any atom is 0.170 e. The Morgan fingerprint density at radius 1 is 1.50 bits per heavy atom. The molecule has 96 valence electrons. The second-order valence-corrected chi connectivity index (χ2v) is 6.18. The molecule has 1 aromatic carbocycles. The van der Waals surface area contributed by atoms with E-state index in [4.69, 9.17) is 4.74 Å². The number of nitrogens with one attached hydrogen (secondary N) is 1. The lowest BCUT2D eigenvalue weighted by atomic mass is 9.76. The fourth-order valence-corrected chi connectivity index (χ4v) is 3.24. The van der Waals surface area contributed by atoms with E-state index in [1.54, 1.807) is 0 Å². The van der Waals surface area contributed by atoms with Gasteiger partial charge in [0.15, 0.2) is 5.78 Å². The summed E-state index contributed by atoms with van der Waals surface area (Å²) in [5, 5.41) is 3.36. The molecule has 3 nitrogen and oxygen atoms in total. The van der Waals surface area contributed by atoms with Crippen molar-refractivity contribution in [2.45, 2.75) is 25.4 Å². The number of halogens is 1. The van der Waals surface area contributed by atoms with Gasteiger partial charge in [-0.15, -0.1) is 0 Å². The molecule has 4 heteroatoms. The van der Waals surface area contributed by atoms with E-state index in [1.165, 1.54) is 0 Å². The lowest BCUT2D eigenvalue weighted by molar-refractivity contribution is -0.0188. The molecule has 0 radical (unpaired) electrons. The van der Waals surface area contributed by atoms with Crippen LogP contribution in [0, 0.1) is 5.92 Å². The van der Waals surface area contributed by atoms with Crippen molar-refractivity contribution in [1.82, 2.24) is 5.32 Å². The highest BCUT2D eigenvalue weighted by atomic mass is 79.9. The second kappa shape index (κ2) is 4.35. The van der Waals surface area contributed by atoms with Crippen LogP contribution in [0.4, 0.5) is 0 Å². The molecule has 0 aromatic heterocycles. The van der Waals surface area contributed by atoms with Gasteiger partial charge in [-0.05, 0) is 24.7 Å². The molecule has 18 heavy (non-hydrogen) atoms. The molecule has 2 heterocycles. The smallest absolute Gasteiger partial charge is 0.170 e. The Bertz CT molecular complexity index is 503. The van der Waals surface area contributed by atoms with E-state index in [0.717, 1.165) is 35.3 Å². The van der Waals surface area contributed by atoms with Crippen LogP contribution in [0.25, 0.3) is 0 Å². The average Bonchev–Trinajstić information content (AvgIpc) is 2.32. The molecule has 0 aliphatic carbocycles. The number of rotatable bonds is 0. The summed E-state index contributed by atoms with van der Waals surface area (Å²) in [6.07, 6.45) is 1.40. The van der Waals surface area contributed by atoms with Crippen LogP contribution in [0.2, 0.25) is 0 Å². The number of ketones is 1. The van der Waals surface area contributed by atoms with Crippen LogP contribution in [-0.2, 0) is 0 Å². The Labute approximate surface area is 115 Å². The predicted molar refractivity (Wildman–Crippen MR) is 73.1 cm³/mol. The van der Waals surface area contributed by atoms with Crippen LogP contribution in [0.1, 0.15) is 30.1 Å². The molecule has 0 saturated carbocycles. The average molecular weight is 310 g/mol. The summed E-state index contributed by atoms with van der Waals surface area (Å²) in [4.78, 5) is 12.3. The minimum Gasteiger partial charge on any atom is -0.486 e. The number of fused-ring (bicyclic) bond motifs is 1. The quantitative estimate of drug-likeness (QED) is 0.801. The van der Waals surface area contributed by atoms with Gasteiger partial charge in [-0.2, -0.15) is 0 Å². The van der Waals surface area contributed by atoms with E-state index in [1.807, 2.05) is 18.2 Å². The van der Waals surface area contributed by atoms with Crippen LogP contribution in [0.3, 0.4) is 0 Å². The Morgan fingerprint density at radius 2 is 2.33 bits per heavy atom. The van der Waals surface area contributed by atoms with Crippen LogP contribution in [-0.4, -0.2) is 24.5 Å². The van der Waals surface area contributed by atoms with Crippen molar-refractivity contribution in [2.24, 2.45) is 5.92 Å². The third-order valence-electron chi connectivity index (χ3n) is 4.09. The fraction of sp³-hybridized carbons (Fsp3) is 0.500. The molecular formula is C14H16BrNO2. The van der Waals surface area contributed by atoms with Gasteiger partial charge < -0.3 is 10.1 Å². The SMILES string of the molecule is CC1CNCCC12CC(=O)c1ccc(Br)cc1O2. The van der Waals surface area contributed by atoms with E-state index in [9.17, 15) is 4.79 Å². The third kappa shape index (κ3) is 1.88. The lowest BCUT2D eigenvalue weighted by Crippen LogP contribution is -2.55. The molecule has 0 amide bonds. The fourth-order valence-electron chi connectivity index (χ4n) is 2.90.